The van der Waals surface area contributed by atoms with E-state index in [4.69, 9.17) is 18.0 Å². The second-order valence-corrected chi connectivity index (χ2v) is 4.70. The molecule has 6 heteroatoms. The number of nitrogens with zero attached hydrogens (tertiary/aromatic N) is 3. The summed E-state index contributed by atoms with van der Waals surface area (Å²) in [5.41, 5.74) is 7.26. The van der Waals surface area contributed by atoms with Crippen LogP contribution in [0.1, 0.15) is 12.6 Å². The quantitative estimate of drug-likeness (QED) is 0.783. The third kappa shape index (κ3) is 2.76. The van der Waals surface area contributed by atoms with Gasteiger partial charge in [-0.15, -0.1) is 0 Å². The van der Waals surface area contributed by atoms with E-state index in [2.05, 4.69) is 9.88 Å². The lowest BCUT2D eigenvalue weighted by atomic mass is 10.2. The van der Waals surface area contributed by atoms with Gasteiger partial charge in [-0.05, 0) is 12.1 Å². The summed E-state index contributed by atoms with van der Waals surface area (Å²) in [4.78, 5) is 19.7. The van der Waals surface area contributed by atoms with Crippen molar-refractivity contribution in [3.63, 3.8) is 0 Å². The number of amides is 1. The number of carbonyl (C=O) groups excluding carboxylic acids is 1. The van der Waals surface area contributed by atoms with Crippen molar-refractivity contribution < 1.29 is 4.79 Å². The third-order valence-electron chi connectivity index (χ3n) is 3.09. The minimum Gasteiger partial charge on any atom is -0.388 e. The molecule has 0 aromatic carbocycles. The number of piperazine rings is 1. The zero-order valence-electron chi connectivity index (χ0n) is 10.3. The molecule has 2 N–H and O–H groups in total. The molecular weight excluding hydrogens is 248 g/mol. The molecule has 1 aromatic rings. The normalized spacial score (nSPS) is 15.6. The van der Waals surface area contributed by atoms with E-state index in [1.165, 1.54) is 0 Å². The summed E-state index contributed by atoms with van der Waals surface area (Å²) in [5.74, 6) is 0.133. The Balaban J connectivity index is 2.07. The summed E-state index contributed by atoms with van der Waals surface area (Å²) < 4.78 is 0. The maximum Gasteiger partial charge on any atom is 0.219 e. The number of pyridine rings is 1. The molecule has 0 unspecified atom stereocenters. The Morgan fingerprint density at radius 3 is 2.61 bits per heavy atom. The Morgan fingerprint density at radius 1 is 1.39 bits per heavy atom. The topological polar surface area (TPSA) is 62.5 Å². The fourth-order valence-electron chi connectivity index (χ4n) is 2.03. The third-order valence-corrected chi connectivity index (χ3v) is 3.30. The molecule has 5 nitrogen and oxygen atoms in total. The Kier molecular flexibility index (Phi) is 3.76. The molecule has 1 saturated heterocycles. The summed E-state index contributed by atoms with van der Waals surface area (Å²) in [5, 5.41) is 0. The van der Waals surface area contributed by atoms with Gasteiger partial charge in [-0.25, -0.2) is 0 Å². The van der Waals surface area contributed by atoms with Crippen molar-refractivity contribution in [1.82, 2.24) is 9.88 Å². The van der Waals surface area contributed by atoms with Crippen molar-refractivity contribution in [2.24, 2.45) is 5.73 Å². The summed E-state index contributed by atoms with van der Waals surface area (Å²) in [7, 11) is 0. The van der Waals surface area contributed by atoms with Gasteiger partial charge in [0.1, 0.15) is 4.99 Å². The SMILES string of the molecule is CC(=O)N1CCN(c2ccnc(C(N)=S)c2)CC1. The minimum absolute atomic E-state index is 0.133. The highest BCUT2D eigenvalue weighted by atomic mass is 32.1. The second-order valence-electron chi connectivity index (χ2n) is 4.26. The molecule has 1 amide bonds. The highest BCUT2D eigenvalue weighted by Crippen LogP contribution is 2.16. The first-order chi connectivity index (χ1) is 8.58. The van der Waals surface area contributed by atoms with Crippen molar-refractivity contribution in [2.75, 3.05) is 31.1 Å². The van der Waals surface area contributed by atoms with E-state index in [1.54, 1.807) is 13.1 Å². The number of hydrogen-bond acceptors (Lipinski definition) is 4. The Morgan fingerprint density at radius 2 is 2.06 bits per heavy atom. The van der Waals surface area contributed by atoms with Crippen LogP contribution in [-0.2, 0) is 4.79 Å². The van der Waals surface area contributed by atoms with Crippen molar-refractivity contribution in [1.29, 1.82) is 0 Å². The molecule has 1 aliphatic rings. The van der Waals surface area contributed by atoms with Crippen LogP contribution < -0.4 is 10.6 Å². The maximum atomic E-state index is 11.2. The molecule has 0 spiro atoms. The van der Waals surface area contributed by atoms with E-state index in [0.29, 0.717) is 10.7 Å². The van der Waals surface area contributed by atoms with Crippen LogP contribution >= 0.6 is 12.2 Å². The minimum atomic E-state index is 0.133. The average Bonchev–Trinajstić information content (AvgIpc) is 2.39. The van der Waals surface area contributed by atoms with Gasteiger partial charge >= 0.3 is 0 Å². The molecule has 0 bridgehead atoms. The van der Waals surface area contributed by atoms with E-state index in [-0.39, 0.29) is 5.91 Å². The van der Waals surface area contributed by atoms with Crippen LogP contribution in [0.4, 0.5) is 5.69 Å². The van der Waals surface area contributed by atoms with Gasteiger partial charge in [0, 0.05) is 45.0 Å². The van der Waals surface area contributed by atoms with E-state index >= 15 is 0 Å². The van der Waals surface area contributed by atoms with Crippen molar-refractivity contribution in [3.05, 3.63) is 24.0 Å². The lowest BCUT2D eigenvalue weighted by Crippen LogP contribution is -2.48. The van der Waals surface area contributed by atoms with Gasteiger partial charge in [0.2, 0.25) is 5.91 Å². The molecule has 96 valence electrons. The fourth-order valence-corrected chi connectivity index (χ4v) is 2.14. The molecule has 0 aliphatic carbocycles. The number of hydrogen-bond donors (Lipinski definition) is 1. The standard InChI is InChI=1S/C12H16N4OS/c1-9(17)15-4-6-16(7-5-15)10-2-3-14-11(8-10)12(13)18/h2-3,8H,4-7H2,1H3,(H2,13,18). The van der Waals surface area contributed by atoms with Gasteiger partial charge in [-0.3, -0.25) is 9.78 Å². The molecule has 2 rings (SSSR count). The fraction of sp³-hybridized carbons (Fsp3) is 0.417. The van der Waals surface area contributed by atoms with Crippen LogP contribution in [0.25, 0.3) is 0 Å². The number of aromatic nitrogens is 1. The largest absolute Gasteiger partial charge is 0.388 e. The van der Waals surface area contributed by atoms with Crippen LogP contribution in [0.3, 0.4) is 0 Å². The smallest absolute Gasteiger partial charge is 0.219 e. The first-order valence-corrected chi connectivity index (χ1v) is 6.25. The van der Waals surface area contributed by atoms with Gasteiger partial charge in [0.15, 0.2) is 0 Å². The number of rotatable bonds is 2. The summed E-state index contributed by atoms with van der Waals surface area (Å²) >= 11 is 4.92. The van der Waals surface area contributed by atoms with Crippen molar-refractivity contribution in [3.8, 4) is 0 Å². The molecule has 1 fully saturated rings. The Labute approximate surface area is 112 Å². The Bertz CT molecular complexity index is 469. The van der Waals surface area contributed by atoms with Gasteiger partial charge in [-0.1, -0.05) is 12.2 Å². The van der Waals surface area contributed by atoms with Crippen LogP contribution in [0, 0.1) is 0 Å². The van der Waals surface area contributed by atoms with Gasteiger partial charge in [-0.2, -0.15) is 0 Å². The average molecular weight is 264 g/mol. The Hall–Kier alpha value is -1.69. The van der Waals surface area contributed by atoms with Crippen molar-refractivity contribution in [2.45, 2.75) is 6.92 Å². The van der Waals surface area contributed by atoms with E-state index in [0.717, 1.165) is 31.9 Å². The highest BCUT2D eigenvalue weighted by molar-refractivity contribution is 7.80. The zero-order chi connectivity index (χ0) is 13.1. The molecular formula is C12H16N4OS. The van der Waals surface area contributed by atoms with Crippen molar-refractivity contribution >= 4 is 28.8 Å². The molecule has 0 radical (unpaired) electrons. The van der Waals surface area contributed by atoms with Crippen LogP contribution in [0.2, 0.25) is 0 Å². The molecule has 18 heavy (non-hydrogen) atoms. The van der Waals surface area contributed by atoms with Gasteiger partial charge < -0.3 is 15.5 Å². The first kappa shape index (κ1) is 12.8. The van der Waals surface area contributed by atoms with Gasteiger partial charge in [0.05, 0.1) is 5.69 Å². The second kappa shape index (κ2) is 5.30. The monoisotopic (exact) mass is 264 g/mol. The zero-order valence-corrected chi connectivity index (χ0v) is 11.1. The van der Waals surface area contributed by atoms with Crippen LogP contribution in [0.5, 0.6) is 0 Å². The lowest BCUT2D eigenvalue weighted by molar-refractivity contribution is -0.129. The number of thiocarbonyl (C=S) groups is 1. The summed E-state index contributed by atoms with van der Waals surface area (Å²) in [6.07, 6.45) is 1.71. The number of nitrogens with two attached hydrogens (primary N) is 1. The number of anilines is 1. The van der Waals surface area contributed by atoms with E-state index in [1.807, 2.05) is 17.0 Å². The van der Waals surface area contributed by atoms with E-state index < -0.39 is 0 Å². The number of carbonyl (C=O) groups is 1. The maximum absolute atomic E-state index is 11.2. The predicted octanol–water partition coefficient (Wildman–Crippen LogP) is 0.384. The highest BCUT2D eigenvalue weighted by Gasteiger charge is 2.19. The van der Waals surface area contributed by atoms with E-state index in [9.17, 15) is 4.79 Å². The summed E-state index contributed by atoms with van der Waals surface area (Å²) in [6.45, 7) is 4.74. The summed E-state index contributed by atoms with van der Waals surface area (Å²) in [6, 6.07) is 3.83. The van der Waals surface area contributed by atoms with Crippen LogP contribution in [0.15, 0.2) is 18.3 Å². The lowest BCUT2D eigenvalue weighted by Gasteiger charge is -2.35. The van der Waals surface area contributed by atoms with Gasteiger partial charge in [0.25, 0.3) is 0 Å². The molecule has 1 aromatic heterocycles. The molecule has 0 saturated carbocycles. The predicted molar refractivity (Wildman–Crippen MR) is 74.6 cm³/mol. The molecule has 2 heterocycles. The van der Waals surface area contributed by atoms with Crippen LogP contribution in [-0.4, -0.2) is 47.0 Å². The molecule has 0 atom stereocenters. The molecule has 1 aliphatic heterocycles. The first-order valence-electron chi connectivity index (χ1n) is 5.84.